The third-order valence-corrected chi connectivity index (χ3v) is 4.14. The molecule has 0 bridgehead atoms. The van der Waals surface area contributed by atoms with E-state index in [0.717, 1.165) is 31.6 Å². The Morgan fingerprint density at radius 1 is 1.35 bits per heavy atom. The van der Waals surface area contributed by atoms with E-state index in [1.54, 1.807) is 0 Å². The van der Waals surface area contributed by atoms with Crippen LogP contribution in [0.25, 0.3) is 0 Å². The lowest BCUT2D eigenvalue weighted by Crippen LogP contribution is -2.43. The molecule has 1 heterocycles. The molecule has 2 atom stereocenters. The molecule has 0 radical (unpaired) electrons. The summed E-state index contributed by atoms with van der Waals surface area (Å²) in [5.74, 6) is 0.696. The average molecular weight is 477 g/mol. The highest BCUT2D eigenvalue weighted by Gasteiger charge is 2.29. The summed E-state index contributed by atoms with van der Waals surface area (Å²) in [6.07, 6.45) is 1.53. The highest BCUT2D eigenvalue weighted by Crippen LogP contribution is 2.24. The van der Waals surface area contributed by atoms with Crippen molar-refractivity contribution in [3.05, 3.63) is 35.9 Å². The molecule has 148 valence electrons. The minimum Gasteiger partial charge on any atom is -0.389 e. The zero-order valence-corrected chi connectivity index (χ0v) is 18.1. The highest BCUT2D eigenvalue weighted by molar-refractivity contribution is 14.0. The van der Waals surface area contributed by atoms with Crippen molar-refractivity contribution < 1.29 is 14.6 Å². The van der Waals surface area contributed by atoms with Crippen LogP contribution in [0.5, 0.6) is 0 Å². The number of hydrogen-bond donors (Lipinski definition) is 3. The van der Waals surface area contributed by atoms with Crippen LogP contribution in [-0.4, -0.2) is 55.6 Å². The van der Waals surface area contributed by atoms with E-state index < -0.39 is 6.10 Å². The van der Waals surface area contributed by atoms with Gasteiger partial charge in [-0.2, -0.15) is 0 Å². The van der Waals surface area contributed by atoms with E-state index in [0.29, 0.717) is 25.7 Å². The molecular formula is C19H32IN3O3. The number of guanidine groups is 1. The van der Waals surface area contributed by atoms with E-state index in [2.05, 4.69) is 22.5 Å². The van der Waals surface area contributed by atoms with Crippen LogP contribution in [0, 0.1) is 0 Å². The summed E-state index contributed by atoms with van der Waals surface area (Å²) in [5, 5.41) is 16.4. The number of halogens is 1. The summed E-state index contributed by atoms with van der Waals surface area (Å²) in [6.45, 7) is 7.48. The highest BCUT2D eigenvalue weighted by atomic mass is 127. The molecule has 3 N–H and O–H groups in total. The van der Waals surface area contributed by atoms with Crippen molar-refractivity contribution >= 4 is 29.9 Å². The summed E-state index contributed by atoms with van der Waals surface area (Å²) in [7, 11) is 0. The summed E-state index contributed by atoms with van der Waals surface area (Å²) in [6, 6.07) is 9.94. The topological polar surface area (TPSA) is 75.1 Å². The van der Waals surface area contributed by atoms with Gasteiger partial charge in [0, 0.05) is 19.7 Å². The van der Waals surface area contributed by atoms with Crippen LogP contribution >= 0.6 is 24.0 Å². The van der Waals surface area contributed by atoms with Gasteiger partial charge in [-0.25, -0.2) is 0 Å². The van der Waals surface area contributed by atoms with Crippen molar-refractivity contribution in [2.75, 3.05) is 32.8 Å². The fourth-order valence-electron chi connectivity index (χ4n) is 2.71. The summed E-state index contributed by atoms with van der Waals surface area (Å²) < 4.78 is 11.3. The molecule has 1 fully saturated rings. The van der Waals surface area contributed by atoms with Crippen LogP contribution in [0.3, 0.4) is 0 Å². The maximum Gasteiger partial charge on any atom is 0.191 e. The molecule has 0 spiro atoms. The summed E-state index contributed by atoms with van der Waals surface area (Å²) in [5.41, 5.74) is 0.933. The predicted octanol–water partition coefficient (Wildman–Crippen LogP) is 2.31. The largest absolute Gasteiger partial charge is 0.389 e. The van der Waals surface area contributed by atoms with Gasteiger partial charge in [-0.05, 0) is 32.3 Å². The van der Waals surface area contributed by atoms with Crippen LogP contribution in [0.1, 0.15) is 32.3 Å². The lowest BCUT2D eigenvalue weighted by atomic mass is 10.0. The predicted molar refractivity (Wildman–Crippen MR) is 115 cm³/mol. The molecular weight excluding hydrogens is 445 g/mol. The van der Waals surface area contributed by atoms with Crippen LogP contribution in [0.4, 0.5) is 0 Å². The Bertz CT molecular complexity index is 522. The third-order valence-electron chi connectivity index (χ3n) is 4.14. The molecule has 1 aromatic rings. The van der Waals surface area contributed by atoms with Gasteiger partial charge in [-0.1, -0.05) is 30.3 Å². The third kappa shape index (κ3) is 8.66. The van der Waals surface area contributed by atoms with Gasteiger partial charge in [0.25, 0.3) is 0 Å². The van der Waals surface area contributed by atoms with Crippen molar-refractivity contribution in [2.45, 2.75) is 45.0 Å². The van der Waals surface area contributed by atoms with Gasteiger partial charge in [0.2, 0.25) is 0 Å². The van der Waals surface area contributed by atoms with Gasteiger partial charge in [0.15, 0.2) is 5.96 Å². The Morgan fingerprint density at radius 3 is 2.77 bits per heavy atom. The minimum absolute atomic E-state index is 0. The van der Waals surface area contributed by atoms with Crippen LogP contribution in [0.15, 0.2) is 35.3 Å². The van der Waals surface area contributed by atoms with Crippen molar-refractivity contribution in [3.63, 3.8) is 0 Å². The second-order valence-corrected chi connectivity index (χ2v) is 6.63. The fraction of sp³-hybridized carbons (Fsp3) is 0.632. The molecule has 0 amide bonds. The van der Waals surface area contributed by atoms with Gasteiger partial charge >= 0.3 is 0 Å². The van der Waals surface area contributed by atoms with Crippen molar-refractivity contribution in [2.24, 2.45) is 4.99 Å². The number of ether oxygens (including phenoxy) is 2. The van der Waals surface area contributed by atoms with Gasteiger partial charge in [0.1, 0.15) is 0 Å². The van der Waals surface area contributed by atoms with Crippen LogP contribution < -0.4 is 10.6 Å². The average Bonchev–Trinajstić information content (AvgIpc) is 3.05. The Labute approximate surface area is 173 Å². The number of nitrogens with zero attached hydrogens (tertiary/aromatic N) is 1. The van der Waals surface area contributed by atoms with E-state index in [1.807, 2.05) is 37.3 Å². The van der Waals surface area contributed by atoms with E-state index in [4.69, 9.17) is 9.47 Å². The van der Waals surface area contributed by atoms with Gasteiger partial charge in [-0.15, -0.1) is 24.0 Å². The Hall–Kier alpha value is -0.900. The fourth-order valence-corrected chi connectivity index (χ4v) is 2.71. The first-order valence-electron chi connectivity index (χ1n) is 9.07. The molecule has 2 rings (SSSR count). The number of aliphatic hydroxyl groups is 1. The SMILES string of the molecule is CCNC(=NCC1(C)CCCO1)NCC(O)COCc1ccccc1.I. The summed E-state index contributed by atoms with van der Waals surface area (Å²) >= 11 is 0. The second kappa shape index (κ2) is 12.5. The van der Waals surface area contributed by atoms with E-state index in [-0.39, 0.29) is 36.2 Å². The molecule has 0 aliphatic carbocycles. The van der Waals surface area contributed by atoms with Crippen molar-refractivity contribution in [1.29, 1.82) is 0 Å². The molecule has 1 aliphatic rings. The quantitative estimate of drug-likeness (QED) is 0.289. The number of aliphatic imine (C=N–C) groups is 1. The molecule has 6 nitrogen and oxygen atoms in total. The molecule has 7 heteroatoms. The zero-order valence-electron chi connectivity index (χ0n) is 15.7. The van der Waals surface area contributed by atoms with Crippen LogP contribution in [-0.2, 0) is 16.1 Å². The molecule has 1 aromatic carbocycles. The van der Waals surface area contributed by atoms with Gasteiger partial charge < -0.3 is 25.2 Å². The Balaban J connectivity index is 0.00000338. The number of rotatable bonds is 9. The van der Waals surface area contributed by atoms with Crippen molar-refractivity contribution in [1.82, 2.24) is 10.6 Å². The number of benzene rings is 1. The second-order valence-electron chi connectivity index (χ2n) is 6.63. The van der Waals surface area contributed by atoms with Crippen LogP contribution in [0.2, 0.25) is 0 Å². The monoisotopic (exact) mass is 477 g/mol. The molecule has 2 unspecified atom stereocenters. The van der Waals surface area contributed by atoms with Crippen molar-refractivity contribution in [3.8, 4) is 0 Å². The minimum atomic E-state index is -0.592. The molecule has 1 saturated heterocycles. The zero-order chi connectivity index (χ0) is 18.0. The molecule has 1 aliphatic heterocycles. The van der Waals surface area contributed by atoms with E-state index in [1.165, 1.54) is 0 Å². The molecule has 26 heavy (non-hydrogen) atoms. The van der Waals surface area contributed by atoms with Gasteiger partial charge in [-0.3, -0.25) is 4.99 Å². The lowest BCUT2D eigenvalue weighted by molar-refractivity contribution is 0.0278. The Morgan fingerprint density at radius 2 is 2.12 bits per heavy atom. The first-order valence-corrected chi connectivity index (χ1v) is 9.07. The Kier molecular flexibility index (Phi) is 11.1. The number of aliphatic hydroxyl groups excluding tert-OH is 1. The van der Waals surface area contributed by atoms with Gasteiger partial charge in [0.05, 0.1) is 31.5 Å². The molecule has 0 aromatic heterocycles. The smallest absolute Gasteiger partial charge is 0.191 e. The number of nitrogens with one attached hydrogen (secondary N) is 2. The number of hydrogen-bond acceptors (Lipinski definition) is 4. The standard InChI is InChI=1S/C19H31N3O3.HI/c1-3-20-18(22-15-19(2)10-7-11-25-19)21-12-17(23)14-24-13-16-8-5-4-6-9-16;/h4-6,8-9,17,23H,3,7,10-15H2,1-2H3,(H2,20,21,22);1H. The molecule has 0 saturated carbocycles. The maximum absolute atomic E-state index is 10.1. The normalized spacial score (nSPS) is 21.1. The summed E-state index contributed by atoms with van der Waals surface area (Å²) in [4.78, 5) is 4.58. The lowest BCUT2D eigenvalue weighted by Gasteiger charge is -2.22. The first-order chi connectivity index (χ1) is 12.1. The van der Waals surface area contributed by atoms with E-state index in [9.17, 15) is 5.11 Å². The first kappa shape index (κ1) is 23.1. The maximum atomic E-state index is 10.1. The van der Waals surface area contributed by atoms with E-state index >= 15 is 0 Å².